The fourth-order valence-corrected chi connectivity index (χ4v) is 9.36. The zero-order valence-corrected chi connectivity index (χ0v) is 35.9. The summed E-state index contributed by atoms with van der Waals surface area (Å²) in [4.78, 5) is 26.6. The van der Waals surface area contributed by atoms with Crippen LogP contribution in [-0.4, -0.2) is 63.3 Å². The van der Waals surface area contributed by atoms with Gasteiger partial charge in [0.25, 0.3) is 0 Å². The van der Waals surface area contributed by atoms with Crippen molar-refractivity contribution in [2.45, 2.75) is 224 Å². The van der Waals surface area contributed by atoms with Crippen LogP contribution in [0.5, 0.6) is 0 Å². The van der Waals surface area contributed by atoms with Crippen molar-refractivity contribution in [3.05, 3.63) is 24.3 Å². The highest BCUT2D eigenvalue weighted by Crippen LogP contribution is 2.48. The van der Waals surface area contributed by atoms with Crippen LogP contribution >= 0.6 is 11.6 Å². The van der Waals surface area contributed by atoms with Gasteiger partial charge in [0.1, 0.15) is 0 Å². The van der Waals surface area contributed by atoms with Crippen LogP contribution in [0.3, 0.4) is 0 Å². The second-order valence-electron chi connectivity index (χ2n) is 17.4. The fraction of sp³-hybridized carbons (Fsp3) is 0.872. The molecular weight excluding hydrogens is 694 g/mol. The Bertz CT molecular complexity index is 1020. The molecule has 7 heteroatoms. The monoisotopic (exact) mass is 778 g/mol. The first-order valence-electron chi connectivity index (χ1n) is 22.9. The fourth-order valence-electron chi connectivity index (χ4n) is 8.91. The number of carboxylic acids is 1. The van der Waals surface area contributed by atoms with Crippen molar-refractivity contribution in [1.82, 2.24) is 4.90 Å². The number of alkyl halides is 1. The molecule has 0 heterocycles. The summed E-state index contributed by atoms with van der Waals surface area (Å²) in [5, 5.41) is 31.2. The molecule has 0 aromatic rings. The molecule has 0 aromatic carbocycles. The van der Waals surface area contributed by atoms with Crippen molar-refractivity contribution < 1.29 is 24.9 Å². The molecule has 2 aliphatic rings. The van der Waals surface area contributed by atoms with Gasteiger partial charge >= 0.3 is 5.97 Å². The average Bonchev–Trinajstić information content (AvgIpc) is 3.40. The molecular formula is C47H84ClNO5. The Morgan fingerprint density at radius 2 is 1.31 bits per heavy atom. The molecule has 6 atom stereocenters. The number of aliphatic hydroxyl groups is 2. The molecule has 314 valence electrons. The number of allylic oxidation sites excluding steroid dienone is 2. The zero-order chi connectivity index (χ0) is 39.4. The van der Waals surface area contributed by atoms with Gasteiger partial charge in [-0.05, 0) is 69.1 Å². The van der Waals surface area contributed by atoms with E-state index in [0.717, 1.165) is 32.1 Å². The summed E-state index contributed by atoms with van der Waals surface area (Å²) in [5.74, 6) is -1.66. The third-order valence-corrected chi connectivity index (χ3v) is 13.6. The molecule has 2 rings (SSSR count). The lowest BCUT2D eigenvalue weighted by molar-refractivity contribution is -0.145. The summed E-state index contributed by atoms with van der Waals surface area (Å²) in [5.41, 5.74) is 0.0638. The van der Waals surface area contributed by atoms with E-state index in [2.05, 4.69) is 26.0 Å². The van der Waals surface area contributed by atoms with Crippen LogP contribution in [0.2, 0.25) is 0 Å². The summed E-state index contributed by atoms with van der Waals surface area (Å²) in [6.45, 7) is 5.13. The number of hydrogen-bond donors (Lipinski definition) is 3. The van der Waals surface area contributed by atoms with E-state index in [4.69, 9.17) is 11.6 Å². The first kappa shape index (κ1) is 48.8. The van der Waals surface area contributed by atoms with Crippen molar-refractivity contribution in [2.75, 3.05) is 13.6 Å². The van der Waals surface area contributed by atoms with Gasteiger partial charge in [-0.1, -0.05) is 167 Å². The number of unbranched alkanes of at least 4 members (excludes halogenated alkanes) is 19. The maximum atomic E-state index is 12.9. The Labute approximate surface area is 337 Å². The number of carbonyl (C=O) groups excluding carboxylic acids is 1. The summed E-state index contributed by atoms with van der Waals surface area (Å²) >= 11 is 6.65. The minimum absolute atomic E-state index is 0.0372. The van der Waals surface area contributed by atoms with E-state index in [9.17, 15) is 24.9 Å². The molecule has 2 fully saturated rings. The van der Waals surface area contributed by atoms with Crippen molar-refractivity contribution in [2.24, 2.45) is 23.2 Å². The topological polar surface area (TPSA) is 98.1 Å². The molecule has 1 unspecified atom stereocenters. The Morgan fingerprint density at radius 1 is 0.796 bits per heavy atom. The molecule has 2 aliphatic carbocycles. The molecule has 0 radical (unpaired) electrons. The molecule has 0 aliphatic heterocycles. The highest BCUT2D eigenvalue weighted by Gasteiger charge is 2.42. The first-order chi connectivity index (χ1) is 26.1. The minimum atomic E-state index is -0.914. The van der Waals surface area contributed by atoms with E-state index < -0.39 is 18.0 Å². The number of hydrogen-bond acceptors (Lipinski definition) is 4. The van der Waals surface area contributed by atoms with Gasteiger partial charge in [0.15, 0.2) is 0 Å². The molecule has 3 N–H and O–H groups in total. The number of carbonyl (C=O) groups is 2. The predicted molar refractivity (Wildman–Crippen MR) is 228 cm³/mol. The second-order valence-corrected chi connectivity index (χ2v) is 17.9. The van der Waals surface area contributed by atoms with E-state index in [0.29, 0.717) is 38.6 Å². The van der Waals surface area contributed by atoms with E-state index in [-0.39, 0.29) is 41.1 Å². The molecule has 6 nitrogen and oxygen atoms in total. The number of aliphatic carboxylic acids is 1. The molecule has 0 aromatic heterocycles. The van der Waals surface area contributed by atoms with Crippen molar-refractivity contribution in [3.8, 4) is 0 Å². The Morgan fingerprint density at radius 3 is 1.78 bits per heavy atom. The van der Waals surface area contributed by atoms with Gasteiger partial charge in [-0.15, -0.1) is 11.6 Å². The number of carboxylic acid groups (broad SMARTS) is 1. The number of nitrogens with zero attached hydrogens (tertiary/aromatic N) is 1. The maximum absolute atomic E-state index is 12.9. The number of halogens is 1. The van der Waals surface area contributed by atoms with Crippen LogP contribution in [0.15, 0.2) is 24.3 Å². The normalized spacial score (nSPS) is 22.2. The Kier molecular flexibility index (Phi) is 26.9. The van der Waals surface area contributed by atoms with Crippen LogP contribution in [0.25, 0.3) is 0 Å². The molecule has 0 saturated heterocycles. The van der Waals surface area contributed by atoms with Crippen LogP contribution in [0.4, 0.5) is 0 Å². The Hall–Kier alpha value is -1.37. The van der Waals surface area contributed by atoms with Gasteiger partial charge in [0, 0.05) is 31.3 Å². The van der Waals surface area contributed by atoms with E-state index in [1.807, 2.05) is 12.2 Å². The van der Waals surface area contributed by atoms with Gasteiger partial charge in [0.05, 0.1) is 18.1 Å². The van der Waals surface area contributed by atoms with Crippen molar-refractivity contribution >= 4 is 23.5 Å². The van der Waals surface area contributed by atoms with Gasteiger partial charge in [-0.25, -0.2) is 0 Å². The van der Waals surface area contributed by atoms with Crippen molar-refractivity contribution in [1.29, 1.82) is 0 Å². The number of rotatable bonds is 34. The number of aliphatic hydroxyl groups excluding tert-OH is 2. The van der Waals surface area contributed by atoms with Crippen LogP contribution < -0.4 is 0 Å². The molecule has 0 bridgehead atoms. The highest BCUT2D eigenvalue weighted by atomic mass is 35.5. The molecule has 54 heavy (non-hydrogen) atoms. The summed E-state index contributed by atoms with van der Waals surface area (Å²) in [7, 11) is 1.80. The van der Waals surface area contributed by atoms with Crippen LogP contribution in [0.1, 0.15) is 206 Å². The predicted octanol–water partition coefficient (Wildman–Crippen LogP) is 12.6. The van der Waals surface area contributed by atoms with Crippen LogP contribution in [0, 0.1) is 23.2 Å². The van der Waals surface area contributed by atoms with Crippen LogP contribution in [-0.2, 0) is 9.59 Å². The largest absolute Gasteiger partial charge is 0.481 e. The lowest BCUT2D eigenvalue weighted by atomic mass is 9.63. The van der Waals surface area contributed by atoms with Gasteiger partial charge < -0.3 is 20.2 Å². The second kappa shape index (κ2) is 29.8. The van der Waals surface area contributed by atoms with Gasteiger partial charge in [-0.3, -0.25) is 9.59 Å². The third kappa shape index (κ3) is 19.7. The minimum Gasteiger partial charge on any atom is -0.481 e. The first-order valence-corrected chi connectivity index (χ1v) is 23.4. The summed E-state index contributed by atoms with van der Waals surface area (Å²) in [6.07, 6.45) is 41.5. The molecule has 1 amide bonds. The third-order valence-electron chi connectivity index (χ3n) is 13.1. The summed E-state index contributed by atoms with van der Waals surface area (Å²) < 4.78 is 0. The quantitative estimate of drug-likeness (QED) is 0.0343. The standard InChI is InChI=1S/C47H84ClNO5/c1-4-6-7-8-9-10-11-12-13-14-15-16-17-18-19-20-21-22-23-27-36-49(3)45(52)37-39(46(53)54)30-25-24-26-31-40-41(43(50)38-42(40)48)32-28-33-44(51)47(5-2)34-29-35-47/h24,26,28,32,39-44,50-51H,4-23,25,27,29-31,33-38H2,1-3H3,(H,53,54)/b26-24-,32-28+/t39?,40-,41-,42-,43-,44+/m1/s1. The maximum Gasteiger partial charge on any atom is 0.307 e. The van der Waals surface area contributed by atoms with Crippen molar-refractivity contribution in [3.63, 3.8) is 0 Å². The smallest absolute Gasteiger partial charge is 0.307 e. The van der Waals surface area contributed by atoms with Gasteiger partial charge in [-0.2, -0.15) is 0 Å². The number of amides is 1. The highest BCUT2D eigenvalue weighted by molar-refractivity contribution is 6.21. The molecule has 2 saturated carbocycles. The molecule has 0 spiro atoms. The average molecular weight is 779 g/mol. The van der Waals surface area contributed by atoms with Gasteiger partial charge in [0.2, 0.25) is 5.91 Å². The van der Waals surface area contributed by atoms with E-state index in [1.54, 1.807) is 11.9 Å². The lowest BCUT2D eigenvalue weighted by Crippen LogP contribution is -2.40. The van der Waals surface area contributed by atoms with E-state index in [1.165, 1.54) is 122 Å². The lowest BCUT2D eigenvalue weighted by Gasteiger charge is -2.45. The summed E-state index contributed by atoms with van der Waals surface area (Å²) in [6, 6.07) is 0. The SMILES string of the molecule is CCCCCCCCCCCCCCCCCCCCCCN(C)C(=O)CC(CC/C=C\C[C@@H]1[C@@H](/C=C/C[C@H](O)C2(CC)CCC2)[C@H](O)C[C@H]1Cl)C(=O)O. The van der Waals surface area contributed by atoms with E-state index >= 15 is 0 Å². The Balaban J connectivity index is 1.51. The zero-order valence-electron chi connectivity index (χ0n) is 35.2.